The molecule has 1 saturated carbocycles. The highest BCUT2D eigenvalue weighted by Gasteiger charge is 2.48. The van der Waals surface area contributed by atoms with Gasteiger partial charge in [0.2, 0.25) is 5.91 Å². The SMILES string of the molecule is Cc1ccccc1N(Cc1ccc2ccccc2c1)C(=O)C1(Cc2ccc3ccccc3c2)CCCC1C. The number of carbonyl (C=O) groups excluding carboxylic acids is 1. The minimum atomic E-state index is -0.415. The van der Waals surface area contributed by atoms with Crippen molar-refractivity contribution in [1.29, 1.82) is 0 Å². The second-order valence-corrected chi connectivity index (χ2v) is 11.2. The average Bonchev–Trinajstić information content (AvgIpc) is 3.32. The van der Waals surface area contributed by atoms with Crippen LogP contribution in [0.3, 0.4) is 0 Å². The normalized spacial score (nSPS) is 19.2. The molecule has 0 bridgehead atoms. The van der Waals surface area contributed by atoms with Crippen molar-refractivity contribution in [3.63, 3.8) is 0 Å². The van der Waals surface area contributed by atoms with Crippen LogP contribution >= 0.6 is 0 Å². The third-order valence-corrected chi connectivity index (χ3v) is 8.77. The molecular weight excluding hydrogens is 462 g/mol. The summed E-state index contributed by atoms with van der Waals surface area (Å²) in [7, 11) is 0. The van der Waals surface area contributed by atoms with E-state index in [1.165, 1.54) is 27.1 Å². The Labute approximate surface area is 225 Å². The first kappa shape index (κ1) is 24.4. The molecule has 2 atom stereocenters. The fourth-order valence-electron chi connectivity index (χ4n) is 6.54. The first-order chi connectivity index (χ1) is 18.5. The zero-order valence-corrected chi connectivity index (χ0v) is 22.4. The first-order valence-electron chi connectivity index (χ1n) is 13.9. The zero-order valence-electron chi connectivity index (χ0n) is 22.4. The van der Waals surface area contributed by atoms with E-state index in [0.29, 0.717) is 12.5 Å². The molecule has 2 unspecified atom stereocenters. The summed E-state index contributed by atoms with van der Waals surface area (Å²) < 4.78 is 0. The Morgan fingerprint density at radius 3 is 1.97 bits per heavy atom. The molecule has 38 heavy (non-hydrogen) atoms. The van der Waals surface area contributed by atoms with Gasteiger partial charge in [-0.3, -0.25) is 4.79 Å². The minimum Gasteiger partial charge on any atom is -0.307 e. The van der Waals surface area contributed by atoms with Gasteiger partial charge in [-0.15, -0.1) is 0 Å². The van der Waals surface area contributed by atoms with Crippen molar-refractivity contribution in [3.8, 4) is 0 Å². The van der Waals surface area contributed by atoms with Crippen LogP contribution in [-0.2, 0) is 17.8 Å². The molecule has 5 aromatic carbocycles. The maximum atomic E-state index is 14.9. The number of hydrogen-bond donors (Lipinski definition) is 0. The summed E-state index contributed by atoms with van der Waals surface area (Å²) in [4.78, 5) is 17.0. The fourth-order valence-corrected chi connectivity index (χ4v) is 6.54. The molecule has 190 valence electrons. The molecule has 1 fully saturated rings. The summed E-state index contributed by atoms with van der Waals surface area (Å²) in [6.07, 6.45) is 3.90. The smallest absolute Gasteiger partial charge is 0.234 e. The lowest BCUT2D eigenvalue weighted by Gasteiger charge is -2.38. The average molecular weight is 498 g/mol. The molecule has 5 aromatic rings. The molecule has 2 nitrogen and oxygen atoms in total. The largest absolute Gasteiger partial charge is 0.307 e. The van der Waals surface area contributed by atoms with Gasteiger partial charge in [-0.1, -0.05) is 110 Å². The number of aryl methyl sites for hydroxylation is 1. The van der Waals surface area contributed by atoms with Gasteiger partial charge >= 0.3 is 0 Å². The number of hydrogen-bond acceptors (Lipinski definition) is 1. The Balaban J connectivity index is 1.41. The summed E-state index contributed by atoms with van der Waals surface area (Å²) >= 11 is 0. The van der Waals surface area contributed by atoms with Gasteiger partial charge in [-0.05, 0) is 82.5 Å². The molecule has 2 heteroatoms. The number of fused-ring (bicyclic) bond motifs is 2. The Hall–Kier alpha value is -3.91. The number of nitrogens with zero attached hydrogens (tertiary/aromatic N) is 1. The van der Waals surface area contributed by atoms with E-state index in [4.69, 9.17) is 0 Å². The number of carbonyl (C=O) groups is 1. The minimum absolute atomic E-state index is 0.262. The van der Waals surface area contributed by atoms with Crippen molar-refractivity contribution in [2.24, 2.45) is 11.3 Å². The van der Waals surface area contributed by atoms with Crippen LogP contribution in [0.4, 0.5) is 5.69 Å². The highest BCUT2D eigenvalue weighted by atomic mass is 16.2. The van der Waals surface area contributed by atoms with E-state index in [1.54, 1.807) is 0 Å². The van der Waals surface area contributed by atoms with Crippen LogP contribution in [0.2, 0.25) is 0 Å². The third-order valence-electron chi connectivity index (χ3n) is 8.77. The standard InChI is InChI=1S/C36H35NO/c1-26-10-3-8-16-34(26)37(25-29-18-20-31-13-5-7-15-33(31)23-29)35(38)36(21-9-11-27(36)2)24-28-17-19-30-12-4-6-14-32(30)22-28/h3-8,10,12-20,22-23,27H,9,11,21,24-25H2,1-2H3. The van der Waals surface area contributed by atoms with Crippen LogP contribution in [0, 0.1) is 18.3 Å². The maximum absolute atomic E-state index is 14.9. The Morgan fingerprint density at radius 1 is 0.763 bits per heavy atom. The summed E-state index contributed by atoms with van der Waals surface area (Å²) in [6, 6.07) is 38.6. The molecule has 1 amide bonds. The van der Waals surface area contributed by atoms with Gasteiger partial charge in [-0.25, -0.2) is 0 Å². The van der Waals surface area contributed by atoms with E-state index >= 15 is 0 Å². The van der Waals surface area contributed by atoms with E-state index in [-0.39, 0.29) is 5.91 Å². The van der Waals surface area contributed by atoms with Crippen LogP contribution in [0.5, 0.6) is 0 Å². The number of amides is 1. The Kier molecular flexibility index (Phi) is 6.49. The molecule has 0 aliphatic heterocycles. The molecule has 1 aliphatic carbocycles. The van der Waals surface area contributed by atoms with Crippen molar-refractivity contribution >= 4 is 33.1 Å². The molecule has 1 aliphatic rings. The third kappa shape index (κ3) is 4.49. The van der Waals surface area contributed by atoms with Crippen LogP contribution in [0.25, 0.3) is 21.5 Å². The van der Waals surface area contributed by atoms with Gasteiger partial charge in [0.15, 0.2) is 0 Å². The quantitative estimate of drug-likeness (QED) is 0.229. The Morgan fingerprint density at radius 2 is 1.34 bits per heavy atom. The van der Waals surface area contributed by atoms with Gasteiger partial charge < -0.3 is 4.90 Å². The molecular formula is C36H35NO. The number of benzene rings is 5. The van der Waals surface area contributed by atoms with Crippen LogP contribution < -0.4 is 4.90 Å². The van der Waals surface area contributed by atoms with E-state index < -0.39 is 5.41 Å². The lowest BCUT2D eigenvalue weighted by Crippen LogP contribution is -2.47. The Bertz CT molecular complexity index is 1620. The van der Waals surface area contributed by atoms with Gasteiger partial charge in [-0.2, -0.15) is 0 Å². The molecule has 0 N–H and O–H groups in total. The number of rotatable bonds is 6. The highest BCUT2D eigenvalue weighted by Crippen LogP contribution is 2.48. The molecule has 0 radical (unpaired) electrons. The van der Waals surface area contributed by atoms with E-state index in [0.717, 1.165) is 42.5 Å². The van der Waals surface area contributed by atoms with Crippen LogP contribution in [-0.4, -0.2) is 5.91 Å². The second kappa shape index (κ2) is 10.1. The molecule has 0 aromatic heterocycles. The number of anilines is 1. The highest BCUT2D eigenvalue weighted by molar-refractivity contribution is 5.99. The van der Waals surface area contributed by atoms with E-state index in [9.17, 15) is 4.79 Å². The summed E-state index contributed by atoms with van der Waals surface area (Å²) in [5.41, 5.74) is 4.14. The topological polar surface area (TPSA) is 20.3 Å². The van der Waals surface area contributed by atoms with E-state index in [1.807, 2.05) is 0 Å². The maximum Gasteiger partial charge on any atom is 0.234 e. The first-order valence-corrected chi connectivity index (χ1v) is 13.9. The van der Waals surface area contributed by atoms with Crippen molar-refractivity contribution in [1.82, 2.24) is 0 Å². The van der Waals surface area contributed by atoms with Gasteiger partial charge in [0, 0.05) is 5.69 Å². The second-order valence-electron chi connectivity index (χ2n) is 11.2. The summed E-state index contributed by atoms with van der Waals surface area (Å²) in [6.45, 7) is 4.98. The van der Waals surface area contributed by atoms with Crippen molar-refractivity contribution in [3.05, 3.63) is 126 Å². The summed E-state index contributed by atoms with van der Waals surface area (Å²) in [5, 5.41) is 4.92. The van der Waals surface area contributed by atoms with Crippen molar-refractivity contribution in [2.75, 3.05) is 4.90 Å². The van der Waals surface area contributed by atoms with E-state index in [2.05, 4.69) is 128 Å². The fraction of sp³-hybridized carbons (Fsp3) is 0.250. The van der Waals surface area contributed by atoms with Crippen molar-refractivity contribution in [2.45, 2.75) is 46.1 Å². The predicted molar refractivity (Wildman–Crippen MR) is 159 cm³/mol. The molecule has 0 heterocycles. The van der Waals surface area contributed by atoms with Gasteiger partial charge in [0.05, 0.1) is 12.0 Å². The molecule has 0 spiro atoms. The summed E-state index contributed by atoms with van der Waals surface area (Å²) in [5.74, 6) is 0.586. The van der Waals surface area contributed by atoms with Crippen LogP contribution in [0.1, 0.15) is 42.9 Å². The zero-order chi connectivity index (χ0) is 26.1. The monoisotopic (exact) mass is 497 g/mol. The van der Waals surface area contributed by atoms with Gasteiger partial charge in [0.1, 0.15) is 0 Å². The molecule has 0 saturated heterocycles. The lowest BCUT2D eigenvalue weighted by molar-refractivity contribution is -0.130. The van der Waals surface area contributed by atoms with Gasteiger partial charge in [0.25, 0.3) is 0 Å². The van der Waals surface area contributed by atoms with Crippen LogP contribution in [0.15, 0.2) is 109 Å². The van der Waals surface area contributed by atoms with Crippen molar-refractivity contribution < 1.29 is 4.79 Å². The molecule has 6 rings (SSSR count). The predicted octanol–water partition coefficient (Wildman–Crippen LogP) is 8.88. The lowest BCUT2D eigenvalue weighted by atomic mass is 9.72. The number of para-hydroxylation sites is 1.